The summed E-state index contributed by atoms with van der Waals surface area (Å²) in [5.41, 5.74) is 0.794. The molecule has 1 aromatic carbocycles. The van der Waals surface area contributed by atoms with E-state index in [-0.39, 0.29) is 11.9 Å². The van der Waals surface area contributed by atoms with Gasteiger partial charge in [0.1, 0.15) is 5.82 Å². The zero-order valence-corrected chi connectivity index (χ0v) is 10.7. The lowest BCUT2D eigenvalue weighted by molar-refractivity contribution is 0.141. The lowest BCUT2D eigenvalue weighted by Gasteiger charge is -2.15. The first kappa shape index (κ1) is 13.3. The Hall–Kier alpha value is -0.740. The van der Waals surface area contributed by atoms with Gasteiger partial charge in [-0.3, -0.25) is 0 Å². The molecule has 1 unspecified atom stereocenters. The van der Waals surface area contributed by atoms with Crippen molar-refractivity contribution >= 4 is 17.4 Å². The van der Waals surface area contributed by atoms with Crippen LogP contribution >= 0.6 is 11.8 Å². The first-order valence-corrected chi connectivity index (χ1v) is 6.57. The van der Waals surface area contributed by atoms with Gasteiger partial charge in [0.2, 0.25) is 0 Å². The Bertz CT molecular complexity index is 333. The summed E-state index contributed by atoms with van der Waals surface area (Å²) in [6, 6.07) is 5.38. The summed E-state index contributed by atoms with van der Waals surface area (Å²) in [6.07, 6.45) is 1.86. The zero-order chi connectivity index (χ0) is 12.0. The highest BCUT2D eigenvalue weighted by molar-refractivity contribution is 7.98. The highest BCUT2D eigenvalue weighted by atomic mass is 32.2. The maximum absolute atomic E-state index is 13.5. The average Bonchev–Trinajstić information content (AvgIpc) is 2.26. The average molecular weight is 243 g/mol. The van der Waals surface area contributed by atoms with Crippen molar-refractivity contribution in [2.24, 2.45) is 0 Å². The van der Waals surface area contributed by atoms with Crippen LogP contribution < -0.4 is 5.32 Å². The van der Waals surface area contributed by atoms with Crippen LogP contribution in [0.3, 0.4) is 0 Å². The molecule has 0 heterocycles. The predicted octanol–water partition coefficient (Wildman–Crippen LogP) is 3.38. The number of nitrogens with one attached hydrogen (secondary N) is 1. The van der Waals surface area contributed by atoms with Crippen LogP contribution in [-0.2, 0) is 4.74 Å². The zero-order valence-electron chi connectivity index (χ0n) is 9.92. The first-order valence-electron chi connectivity index (χ1n) is 5.35. The van der Waals surface area contributed by atoms with E-state index in [4.69, 9.17) is 4.74 Å². The van der Waals surface area contributed by atoms with E-state index in [0.717, 1.165) is 5.69 Å². The molecule has 1 rings (SSSR count). The second kappa shape index (κ2) is 6.76. The molecule has 4 heteroatoms. The Kier molecular flexibility index (Phi) is 5.63. The summed E-state index contributed by atoms with van der Waals surface area (Å²) in [4.78, 5) is 0.669. The number of halogens is 1. The molecule has 0 spiro atoms. The normalized spacial score (nSPS) is 12.5. The number of anilines is 1. The Balaban J connectivity index is 2.57. The second-order valence-electron chi connectivity index (χ2n) is 3.55. The molecule has 0 bridgehead atoms. The molecule has 0 saturated carbocycles. The van der Waals surface area contributed by atoms with Crippen molar-refractivity contribution < 1.29 is 9.13 Å². The Labute approximate surface area is 101 Å². The van der Waals surface area contributed by atoms with Gasteiger partial charge in [0.05, 0.1) is 6.61 Å². The number of hydrogen-bond acceptors (Lipinski definition) is 3. The number of thioether (sulfide) groups is 1. The minimum atomic E-state index is -0.180. The van der Waals surface area contributed by atoms with Gasteiger partial charge in [-0.15, -0.1) is 11.8 Å². The van der Waals surface area contributed by atoms with Crippen molar-refractivity contribution in [2.75, 3.05) is 24.8 Å². The highest BCUT2D eigenvalue weighted by Crippen LogP contribution is 2.22. The first-order chi connectivity index (χ1) is 7.67. The van der Waals surface area contributed by atoms with E-state index in [0.29, 0.717) is 18.1 Å². The molecule has 0 radical (unpaired) electrons. The van der Waals surface area contributed by atoms with Crippen molar-refractivity contribution in [3.63, 3.8) is 0 Å². The molecule has 0 aliphatic heterocycles. The maximum Gasteiger partial charge on any atom is 0.138 e. The summed E-state index contributed by atoms with van der Waals surface area (Å²) < 4.78 is 18.7. The summed E-state index contributed by atoms with van der Waals surface area (Å²) in [6.45, 7) is 5.30. The summed E-state index contributed by atoms with van der Waals surface area (Å²) >= 11 is 1.41. The molecule has 2 nitrogen and oxygen atoms in total. The molecule has 16 heavy (non-hydrogen) atoms. The quantitative estimate of drug-likeness (QED) is 0.774. The van der Waals surface area contributed by atoms with E-state index in [2.05, 4.69) is 5.32 Å². The molecule has 0 saturated heterocycles. The van der Waals surface area contributed by atoms with Gasteiger partial charge in [-0.25, -0.2) is 4.39 Å². The van der Waals surface area contributed by atoms with Crippen molar-refractivity contribution in [1.29, 1.82) is 0 Å². The van der Waals surface area contributed by atoms with Crippen LogP contribution in [0.1, 0.15) is 13.8 Å². The van der Waals surface area contributed by atoms with Gasteiger partial charge in [0.25, 0.3) is 0 Å². The fourth-order valence-electron chi connectivity index (χ4n) is 1.38. The summed E-state index contributed by atoms with van der Waals surface area (Å²) in [7, 11) is 0. The number of ether oxygens (including phenoxy) is 1. The summed E-state index contributed by atoms with van der Waals surface area (Å²) in [5.74, 6) is -0.180. The molecular weight excluding hydrogens is 225 g/mol. The molecule has 1 atom stereocenters. The monoisotopic (exact) mass is 243 g/mol. The number of hydrogen-bond donors (Lipinski definition) is 1. The lowest BCUT2D eigenvalue weighted by Crippen LogP contribution is -2.21. The lowest BCUT2D eigenvalue weighted by atomic mass is 10.2. The Morgan fingerprint density at radius 2 is 2.25 bits per heavy atom. The highest BCUT2D eigenvalue weighted by Gasteiger charge is 2.05. The van der Waals surface area contributed by atoms with Gasteiger partial charge in [0.15, 0.2) is 0 Å². The molecule has 0 aromatic heterocycles. The van der Waals surface area contributed by atoms with Gasteiger partial charge in [-0.05, 0) is 38.3 Å². The molecule has 0 amide bonds. The van der Waals surface area contributed by atoms with Crippen molar-refractivity contribution in [1.82, 2.24) is 0 Å². The third kappa shape index (κ3) is 4.02. The standard InChI is InChI=1S/C12H18FNOS/c1-4-15-8-9(2)14-10-5-6-12(16-3)11(13)7-10/h5-7,9,14H,4,8H2,1-3H3. The SMILES string of the molecule is CCOCC(C)Nc1ccc(SC)c(F)c1. The van der Waals surface area contributed by atoms with E-state index >= 15 is 0 Å². The van der Waals surface area contributed by atoms with Crippen LogP contribution in [0.25, 0.3) is 0 Å². The van der Waals surface area contributed by atoms with E-state index < -0.39 is 0 Å². The minimum Gasteiger partial charge on any atom is -0.380 e. The van der Waals surface area contributed by atoms with Crippen LogP contribution in [0.4, 0.5) is 10.1 Å². The van der Waals surface area contributed by atoms with Crippen molar-refractivity contribution in [3.05, 3.63) is 24.0 Å². The third-order valence-electron chi connectivity index (χ3n) is 2.14. The van der Waals surface area contributed by atoms with E-state index in [1.54, 1.807) is 6.07 Å². The molecule has 90 valence electrons. The molecular formula is C12H18FNOS. The predicted molar refractivity (Wildman–Crippen MR) is 67.8 cm³/mol. The largest absolute Gasteiger partial charge is 0.380 e. The van der Waals surface area contributed by atoms with Crippen molar-refractivity contribution in [2.45, 2.75) is 24.8 Å². The second-order valence-corrected chi connectivity index (χ2v) is 4.40. The fraction of sp³-hybridized carbons (Fsp3) is 0.500. The van der Waals surface area contributed by atoms with Gasteiger partial charge < -0.3 is 10.1 Å². The molecule has 0 aliphatic rings. The molecule has 0 fully saturated rings. The van der Waals surface area contributed by atoms with Crippen LogP contribution in [0.2, 0.25) is 0 Å². The van der Waals surface area contributed by atoms with Gasteiger partial charge >= 0.3 is 0 Å². The van der Waals surface area contributed by atoms with Crippen molar-refractivity contribution in [3.8, 4) is 0 Å². The fourth-order valence-corrected chi connectivity index (χ4v) is 1.84. The molecule has 1 N–H and O–H groups in total. The molecule has 0 aliphatic carbocycles. The van der Waals surface area contributed by atoms with Gasteiger partial charge in [-0.2, -0.15) is 0 Å². The smallest absolute Gasteiger partial charge is 0.138 e. The van der Waals surface area contributed by atoms with Crippen LogP contribution in [0.5, 0.6) is 0 Å². The topological polar surface area (TPSA) is 21.3 Å². The van der Waals surface area contributed by atoms with Crippen LogP contribution in [-0.4, -0.2) is 25.5 Å². The summed E-state index contributed by atoms with van der Waals surface area (Å²) in [5, 5.41) is 3.19. The molecule has 1 aromatic rings. The van der Waals surface area contributed by atoms with E-state index in [9.17, 15) is 4.39 Å². The minimum absolute atomic E-state index is 0.180. The van der Waals surface area contributed by atoms with E-state index in [1.807, 2.05) is 26.2 Å². The van der Waals surface area contributed by atoms with Crippen LogP contribution in [0.15, 0.2) is 23.1 Å². The Morgan fingerprint density at radius 1 is 1.50 bits per heavy atom. The number of rotatable bonds is 6. The van der Waals surface area contributed by atoms with Gasteiger partial charge in [-0.1, -0.05) is 0 Å². The van der Waals surface area contributed by atoms with Gasteiger partial charge in [0, 0.05) is 23.2 Å². The Morgan fingerprint density at radius 3 is 2.81 bits per heavy atom. The third-order valence-corrected chi connectivity index (χ3v) is 2.91. The van der Waals surface area contributed by atoms with Crippen LogP contribution in [0, 0.1) is 5.82 Å². The van der Waals surface area contributed by atoms with E-state index in [1.165, 1.54) is 17.8 Å². The number of benzene rings is 1. The maximum atomic E-state index is 13.5.